The van der Waals surface area contributed by atoms with Gasteiger partial charge in [-0.1, -0.05) is 106 Å². The lowest BCUT2D eigenvalue weighted by Gasteiger charge is -2.09. The maximum Gasteiger partial charge on any atom is 0.00387 e. The maximum absolute atomic E-state index is 5.98. The SMILES string of the molecule is CC(C)CC(C)C.CCCCCCCCCCCC(N)CCC. The largest absolute Gasteiger partial charge is 0.328 e. The minimum Gasteiger partial charge on any atom is -0.328 e. The van der Waals surface area contributed by atoms with Gasteiger partial charge in [-0.25, -0.2) is 0 Å². The molecule has 0 fully saturated rings. The maximum atomic E-state index is 5.98. The normalized spacial score (nSPS) is 12.4. The first kappa shape index (κ1) is 25.2. The molecule has 0 aliphatic heterocycles. The van der Waals surface area contributed by atoms with Gasteiger partial charge < -0.3 is 5.73 Å². The number of nitrogens with two attached hydrogens (primary N) is 1. The molecule has 0 amide bonds. The van der Waals surface area contributed by atoms with E-state index in [-0.39, 0.29) is 0 Å². The second-order valence-electron chi connectivity index (χ2n) is 8.19. The minimum atomic E-state index is 0.467. The zero-order chi connectivity index (χ0) is 17.9. The molecule has 0 aliphatic carbocycles. The fourth-order valence-corrected chi connectivity index (χ4v) is 3.18. The predicted octanol–water partition coefficient (Wildman–Crippen LogP) is 7.72. The molecule has 0 aliphatic rings. The van der Waals surface area contributed by atoms with Crippen molar-refractivity contribution >= 4 is 0 Å². The van der Waals surface area contributed by atoms with Gasteiger partial charge in [0, 0.05) is 6.04 Å². The monoisotopic (exact) mass is 327 g/mol. The highest BCUT2D eigenvalue weighted by Crippen LogP contribution is 2.12. The van der Waals surface area contributed by atoms with Crippen LogP contribution in [-0.2, 0) is 0 Å². The number of rotatable bonds is 14. The molecule has 0 saturated carbocycles. The zero-order valence-corrected chi connectivity index (χ0v) is 17.5. The van der Waals surface area contributed by atoms with Gasteiger partial charge in [0.2, 0.25) is 0 Å². The summed E-state index contributed by atoms with van der Waals surface area (Å²) in [6.07, 6.45) is 17.8. The Kier molecular flexibility index (Phi) is 21.9. The summed E-state index contributed by atoms with van der Waals surface area (Å²) in [5, 5.41) is 0. The molecule has 23 heavy (non-hydrogen) atoms. The summed E-state index contributed by atoms with van der Waals surface area (Å²) in [5.41, 5.74) is 5.98. The molecule has 0 heterocycles. The highest BCUT2D eigenvalue weighted by atomic mass is 14.6. The van der Waals surface area contributed by atoms with E-state index in [1.165, 1.54) is 83.5 Å². The molecule has 2 N–H and O–H groups in total. The van der Waals surface area contributed by atoms with Crippen LogP contribution in [-0.4, -0.2) is 6.04 Å². The van der Waals surface area contributed by atoms with Crippen LogP contribution in [0, 0.1) is 11.8 Å². The molecule has 1 nitrogen and oxygen atoms in total. The van der Waals surface area contributed by atoms with E-state index in [0.717, 1.165) is 11.8 Å². The standard InChI is InChI=1S/C15H33N.C7H16/c1-3-5-6-7-8-9-10-11-12-14-15(16)13-4-2;1-6(2)5-7(3)4/h15H,3-14,16H2,1-2H3;6-7H,5H2,1-4H3. The molecule has 1 atom stereocenters. The summed E-state index contributed by atoms with van der Waals surface area (Å²) in [6.45, 7) is 13.6. The van der Waals surface area contributed by atoms with Crippen LogP contribution in [0.25, 0.3) is 0 Å². The van der Waals surface area contributed by atoms with Gasteiger partial charge in [0.25, 0.3) is 0 Å². The lowest BCUT2D eigenvalue weighted by atomic mass is 10.0. The van der Waals surface area contributed by atoms with Crippen molar-refractivity contribution < 1.29 is 0 Å². The Balaban J connectivity index is 0. The van der Waals surface area contributed by atoms with Crippen molar-refractivity contribution in [3.05, 3.63) is 0 Å². The van der Waals surface area contributed by atoms with Crippen LogP contribution in [0.5, 0.6) is 0 Å². The van der Waals surface area contributed by atoms with Gasteiger partial charge in [-0.05, 0) is 31.1 Å². The van der Waals surface area contributed by atoms with Gasteiger partial charge in [-0.15, -0.1) is 0 Å². The molecule has 0 spiro atoms. The van der Waals surface area contributed by atoms with Crippen molar-refractivity contribution in [1.82, 2.24) is 0 Å². The molecule has 0 bridgehead atoms. The Hall–Kier alpha value is -0.0400. The van der Waals surface area contributed by atoms with Crippen LogP contribution < -0.4 is 5.73 Å². The Labute approximate surface area is 149 Å². The fraction of sp³-hybridized carbons (Fsp3) is 1.00. The summed E-state index contributed by atoms with van der Waals surface area (Å²) in [4.78, 5) is 0. The lowest BCUT2D eigenvalue weighted by molar-refractivity contribution is 0.469. The Morgan fingerprint density at radius 1 is 0.565 bits per heavy atom. The summed E-state index contributed by atoms with van der Waals surface area (Å²) >= 11 is 0. The molecule has 142 valence electrons. The van der Waals surface area contributed by atoms with Gasteiger partial charge in [0.05, 0.1) is 0 Å². The van der Waals surface area contributed by atoms with Gasteiger partial charge in [-0.3, -0.25) is 0 Å². The smallest absolute Gasteiger partial charge is 0.00387 e. The minimum absolute atomic E-state index is 0.467. The summed E-state index contributed by atoms with van der Waals surface area (Å²) in [6, 6.07) is 0.467. The second kappa shape index (κ2) is 20.0. The molecule has 0 aromatic heterocycles. The van der Waals surface area contributed by atoms with E-state index in [0.29, 0.717) is 6.04 Å². The predicted molar refractivity (Wildman–Crippen MR) is 109 cm³/mol. The van der Waals surface area contributed by atoms with E-state index < -0.39 is 0 Å². The molecule has 1 heteroatoms. The van der Waals surface area contributed by atoms with Gasteiger partial charge in [-0.2, -0.15) is 0 Å². The van der Waals surface area contributed by atoms with E-state index in [1.807, 2.05) is 0 Å². The average molecular weight is 328 g/mol. The third kappa shape index (κ3) is 27.1. The third-order valence-electron chi connectivity index (χ3n) is 4.28. The quantitative estimate of drug-likeness (QED) is 0.325. The van der Waals surface area contributed by atoms with Crippen molar-refractivity contribution in [1.29, 1.82) is 0 Å². The van der Waals surface area contributed by atoms with Crippen LogP contribution >= 0.6 is 0 Å². The van der Waals surface area contributed by atoms with E-state index in [1.54, 1.807) is 0 Å². The van der Waals surface area contributed by atoms with Crippen molar-refractivity contribution in [3.63, 3.8) is 0 Å². The second-order valence-corrected chi connectivity index (χ2v) is 8.19. The molecule has 1 unspecified atom stereocenters. The summed E-state index contributed by atoms with van der Waals surface area (Å²) in [5.74, 6) is 1.75. The number of unbranched alkanes of at least 4 members (excludes halogenated alkanes) is 8. The summed E-state index contributed by atoms with van der Waals surface area (Å²) in [7, 11) is 0. The molecule has 0 radical (unpaired) electrons. The van der Waals surface area contributed by atoms with E-state index >= 15 is 0 Å². The van der Waals surface area contributed by atoms with Crippen molar-refractivity contribution in [2.75, 3.05) is 0 Å². The lowest BCUT2D eigenvalue weighted by Crippen LogP contribution is -2.18. The first-order valence-electron chi connectivity index (χ1n) is 10.7. The first-order valence-corrected chi connectivity index (χ1v) is 10.7. The van der Waals surface area contributed by atoms with Gasteiger partial charge in [0.1, 0.15) is 0 Å². The Morgan fingerprint density at radius 2 is 1.00 bits per heavy atom. The third-order valence-corrected chi connectivity index (χ3v) is 4.28. The molecule has 0 saturated heterocycles. The molecule has 0 rings (SSSR count). The molecule has 0 aromatic carbocycles. The van der Waals surface area contributed by atoms with Crippen LogP contribution in [0.3, 0.4) is 0 Å². The van der Waals surface area contributed by atoms with Crippen LogP contribution in [0.1, 0.15) is 125 Å². The van der Waals surface area contributed by atoms with Crippen LogP contribution in [0.2, 0.25) is 0 Å². The van der Waals surface area contributed by atoms with Gasteiger partial charge in [0.15, 0.2) is 0 Å². The Bertz CT molecular complexity index is 192. The van der Waals surface area contributed by atoms with E-state index in [4.69, 9.17) is 5.73 Å². The first-order chi connectivity index (χ1) is 10.9. The van der Waals surface area contributed by atoms with Crippen molar-refractivity contribution in [2.45, 2.75) is 131 Å². The molecular formula is C22H49N. The van der Waals surface area contributed by atoms with Crippen LogP contribution in [0.15, 0.2) is 0 Å². The summed E-state index contributed by atoms with van der Waals surface area (Å²) < 4.78 is 0. The van der Waals surface area contributed by atoms with Crippen molar-refractivity contribution in [3.8, 4) is 0 Å². The number of hydrogen-bond donors (Lipinski definition) is 1. The van der Waals surface area contributed by atoms with E-state index in [9.17, 15) is 0 Å². The van der Waals surface area contributed by atoms with Crippen LogP contribution in [0.4, 0.5) is 0 Å². The Morgan fingerprint density at radius 3 is 1.35 bits per heavy atom. The highest BCUT2D eigenvalue weighted by Gasteiger charge is 2.00. The van der Waals surface area contributed by atoms with Crippen molar-refractivity contribution in [2.24, 2.45) is 17.6 Å². The fourth-order valence-electron chi connectivity index (χ4n) is 3.18. The average Bonchev–Trinajstić information content (AvgIpc) is 2.45. The van der Waals surface area contributed by atoms with Gasteiger partial charge >= 0.3 is 0 Å². The van der Waals surface area contributed by atoms with E-state index in [2.05, 4.69) is 41.5 Å². The molecular weight excluding hydrogens is 278 g/mol. The topological polar surface area (TPSA) is 26.0 Å². The highest BCUT2D eigenvalue weighted by molar-refractivity contribution is 4.60. The number of hydrogen-bond acceptors (Lipinski definition) is 1. The zero-order valence-electron chi connectivity index (χ0n) is 17.5. The molecule has 0 aromatic rings.